The van der Waals surface area contributed by atoms with Crippen LogP contribution < -0.4 is 21.5 Å². The lowest BCUT2D eigenvalue weighted by molar-refractivity contribution is 0.0949. The monoisotopic (exact) mass is 468 g/mol. The van der Waals surface area contributed by atoms with Gasteiger partial charge in [0, 0.05) is 30.6 Å². The van der Waals surface area contributed by atoms with Gasteiger partial charge >= 0.3 is 0 Å². The van der Waals surface area contributed by atoms with E-state index in [0.29, 0.717) is 28.9 Å². The number of thiazole rings is 1. The van der Waals surface area contributed by atoms with Crippen LogP contribution >= 0.6 is 11.3 Å². The summed E-state index contributed by atoms with van der Waals surface area (Å²) < 4.78 is 16.2. The molecule has 0 radical (unpaired) electrons. The van der Waals surface area contributed by atoms with Crippen LogP contribution in [-0.4, -0.2) is 49.3 Å². The number of hydrogen-bond acceptors (Lipinski definition) is 8. The predicted octanol–water partition coefficient (Wildman–Crippen LogP) is 2.58. The minimum atomic E-state index is -1.01. The second-order valence-corrected chi connectivity index (χ2v) is 8.94. The molecular formula is C21H21FN8O2S. The molecule has 0 aliphatic heterocycles. The quantitative estimate of drug-likeness (QED) is 0.398. The topological polar surface area (TPSA) is 118 Å². The third kappa shape index (κ3) is 3.82. The molecule has 4 aromatic rings. The fourth-order valence-electron chi connectivity index (χ4n) is 3.36. The molecule has 0 aromatic carbocycles. The van der Waals surface area contributed by atoms with E-state index in [0.717, 1.165) is 10.6 Å². The van der Waals surface area contributed by atoms with Crippen LogP contribution in [0.25, 0.3) is 10.8 Å². The van der Waals surface area contributed by atoms with Crippen LogP contribution in [0.15, 0.2) is 35.4 Å². The van der Waals surface area contributed by atoms with Gasteiger partial charge in [-0.25, -0.2) is 14.4 Å². The van der Waals surface area contributed by atoms with Crippen LogP contribution in [-0.2, 0) is 0 Å². The standard InChI is InChI=1S/C21H21FN8O2S/c1-10-11(2)33-21(25-10)29-6-4-5-14(20(29)32)26-16-8-17(23-3)30-18(28-16)12(9-24-30)19(31)27-15-7-13(15)22/h4-6,8-9,13,15,23H,7H2,1-3H3,(H,26,28)(H,27,31)/t13-,15+/m1/s1. The summed E-state index contributed by atoms with van der Waals surface area (Å²) in [6.45, 7) is 3.86. The maximum Gasteiger partial charge on any atom is 0.280 e. The van der Waals surface area contributed by atoms with E-state index in [4.69, 9.17) is 0 Å². The van der Waals surface area contributed by atoms with Crippen molar-refractivity contribution in [2.24, 2.45) is 0 Å². The number of pyridine rings is 1. The second kappa shape index (κ2) is 7.96. The van der Waals surface area contributed by atoms with Crippen molar-refractivity contribution in [3.8, 4) is 5.13 Å². The van der Waals surface area contributed by atoms with Gasteiger partial charge in [-0.15, -0.1) is 11.3 Å². The molecule has 33 heavy (non-hydrogen) atoms. The number of nitrogens with one attached hydrogen (secondary N) is 3. The minimum absolute atomic E-state index is 0.216. The summed E-state index contributed by atoms with van der Waals surface area (Å²) in [6, 6.07) is 4.59. The van der Waals surface area contributed by atoms with Crippen molar-refractivity contribution < 1.29 is 9.18 Å². The van der Waals surface area contributed by atoms with Gasteiger partial charge in [-0.2, -0.15) is 9.61 Å². The maximum absolute atomic E-state index is 13.2. The van der Waals surface area contributed by atoms with E-state index >= 15 is 0 Å². The Morgan fingerprint density at radius 2 is 2.09 bits per heavy atom. The van der Waals surface area contributed by atoms with Crippen LogP contribution in [0.2, 0.25) is 0 Å². The number of anilines is 3. The van der Waals surface area contributed by atoms with Gasteiger partial charge < -0.3 is 16.0 Å². The Kier molecular flexibility index (Phi) is 5.08. The number of alkyl halides is 1. The van der Waals surface area contributed by atoms with E-state index < -0.39 is 18.1 Å². The highest BCUT2D eigenvalue weighted by Gasteiger charge is 2.39. The number of aryl methyl sites for hydroxylation is 2. The third-order valence-electron chi connectivity index (χ3n) is 5.43. The molecule has 0 saturated heterocycles. The highest BCUT2D eigenvalue weighted by Crippen LogP contribution is 2.26. The summed E-state index contributed by atoms with van der Waals surface area (Å²) in [6.07, 6.45) is 2.35. The number of hydrogen-bond donors (Lipinski definition) is 3. The maximum atomic E-state index is 13.2. The molecule has 2 atom stereocenters. The SMILES string of the molecule is CNc1cc(Nc2cccn(-c3nc(C)c(C)s3)c2=O)nc2c(C(=O)N[C@H]3C[C@H]3F)cnn12. The first-order valence-corrected chi connectivity index (χ1v) is 11.1. The van der Waals surface area contributed by atoms with Crippen molar-refractivity contribution in [1.29, 1.82) is 0 Å². The van der Waals surface area contributed by atoms with Gasteiger partial charge in [-0.1, -0.05) is 0 Å². The van der Waals surface area contributed by atoms with E-state index in [9.17, 15) is 14.0 Å². The van der Waals surface area contributed by atoms with E-state index in [1.54, 1.807) is 31.4 Å². The van der Waals surface area contributed by atoms with Gasteiger partial charge in [0.15, 0.2) is 10.8 Å². The molecule has 0 bridgehead atoms. The fourth-order valence-corrected chi connectivity index (χ4v) is 4.25. The van der Waals surface area contributed by atoms with E-state index in [-0.39, 0.29) is 16.8 Å². The number of aromatic nitrogens is 5. The Bertz CT molecular complexity index is 1420. The molecular weight excluding hydrogens is 447 g/mol. The lowest BCUT2D eigenvalue weighted by Crippen LogP contribution is -2.27. The third-order valence-corrected chi connectivity index (χ3v) is 6.51. The van der Waals surface area contributed by atoms with E-state index in [1.165, 1.54) is 26.6 Å². The lowest BCUT2D eigenvalue weighted by Gasteiger charge is -2.11. The summed E-state index contributed by atoms with van der Waals surface area (Å²) >= 11 is 1.44. The van der Waals surface area contributed by atoms with Crippen LogP contribution in [0.4, 0.5) is 21.7 Å². The molecule has 1 aliphatic rings. The van der Waals surface area contributed by atoms with Crippen LogP contribution in [0.1, 0.15) is 27.3 Å². The van der Waals surface area contributed by atoms with Gasteiger partial charge in [0.05, 0.1) is 17.9 Å². The van der Waals surface area contributed by atoms with Crippen molar-refractivity contribution in [1.82, 2.24) is 29.5 Å². The first-order valence-electron chi connectivity index (χ1n) is 10.3. The highest BCUT2D eigenvalue weighted by molar-refractivity contribution is 7.14. The Labute approximate surface area is 191 Å². The molecule has 170 valence electrons. The average molecular weight is 469 g/mol. The molecule has 4 heterocycles. The highest BCUT2D eigenvalue weighted by atomic mass is 32.1. The van der Waals surface area contributed by atoms with E-state index in [1.807, 2.05) is 13.8 Å². The molecule has 1 fully saturated rings. The molecule has 1 saturated carbocycles. The Morgan fingerprint density at radius 1 is 1.30 bits per heavy atom. The molecule has 4 aromatic heterocycles. The van der Waals surface area contributed by atoms with Crippen molar-refractivity contribution in [3.05, 3.63) is 57.1 Å². The zero-order valence-electron chi connectivity index (χ0n) is 18.1. The summed E-state index contributed by atoms with van der Waals surface area (Å²) in [4.78, 5) is 35.7. The summed E-state index contributed by atoms with van der Waals surface area (Å²) in [5, 5.41) is 13.5. The van der Waals surface area contributed by atoms with Crippen molar-refractivity contribution in [2.75, 3.05) is 17.7 Å². The summed E-state index contributed by atoms with van der Waals surface area (Å²) in [5.74, 6) is 0.453. The number of carbonyl (C=O) groups excluding carboxylic acids is 1. The normalized spacial score (nSPS) is 17.2. The van der Waals surface area contributed by atoms with Crippen LogP contribution in [0, 0.1) is 13.8 Å². The number of halogens is 1. The Balaban J connectivity index is 1.51. The van der Waals surface area contributed by atoms with Crippen molar-refractivity contribution in [3.63, 3.8) is 0 Å². The fraction of sp³-hybridized carbons (Fsp3) is 0.286. The first kappa shape index (κ1) is 21.1. The first-order chi connectivity index (χ1) is 15.9. The molecule has 10 nitrogen and oxygen atoms in total. The average Bonchev–Trinajstić information content (AvgIpc) is 3.16. The number of amides is 1. The molecule has 0 spiro atoms. The van der Waals surface area contributed by atoms with Crippen LogP contribution in [0.5, 0.6) is 0 Å². The Hall–Kier alpha value is -3.80. The van der Waals surface area contributed by atoms with E-state index in [2.05, 4.69) is 31.0 Å². The van der Waals surface area contributed by atoms with Gasteiger partial charge in [0.2, 0.25) is 0 Å². The minimum Gasteiger partial charge on any atom is -0.373 e. The van der Waals surface area contributed by atoms with Crippen LogP contribution in [0.3, 0.4) is 0 Å². The van der Waals surface area contributed by atoms with Gasteiger partial charge in [-0.05, 0) is 26.0 Å². The number of rotatable bonds is 6. The molecule has 3 N–H and O–H groups in total. The number of fused-ring (bicyclic) bond motifs is 1. The van der Waals surface area contributed by atoms with Crippen molar-refractivity contribution in [2.45, 2.75) is 32.5 Å². The Morgan fingerprint density at radius 3 is 2.76 bits per heavy atom. The molecule has 0 unspecified atom stereocenters. The largest absolute Gasteiger partial charge is 0.373 e. The molecule has 1 amide bonds. The van der Waals surface area contributed by atoms with Crippen molar-refractivity contribution >= 4 is 40.2 Å². The summed E-state index contributed by atoms with van der Waals surface area (Å²) in [7, 11) is 1.71. The van der Waals surface area contributed by atoms with Gasteiger partial charge in [0.1, 0.15) is 29.1 Å². The smallest absolute Gasteiger partial charge is 0.280 e. The zero-order chi connectivity index (χ0) is 23.3. The number of carbonyl (C=O) groups is 1. The van der Waals surface area contributed by atoms with Gasteiger partial charge in [0.25, 0.3) is 11.5 Å². The van der Waals surface area contributed by atoms with Gasteiger partial charge in [-0.3, -0.25) is 14.2 Å². The summed E-state index contributed by atoms with van der Waals surface area (Å²) in [5.41, 5.74) is 1.38. The molecule has 1 aliphatic carbocycles. The zero-order valence-corrected chi connectivity index (χ0v) is 18.9. The lowest BCUT2D eigenvalue weighted by atomic mass is 10.3. The predicted molar refractivity (Wildman–Crippen MR) is 124 cm³/mol. The molecule has 12 heteroatoms. The second-order valence-electron chi connectivity index (χ2n) is 7.76. The molecule has 5 rings (SSSR count). The number of nitrogens with zero attached hydrogens (tertiary/aromatic N) is 5.